The van der Waals surface area contributed by atoms with E-state index in [0.29, 0.717) is 6.04 Å². The van der Waals surface area contributed by atoms with Gasteiger partial charge in [0.25, 0.3) is 0 Å². The summed E-state index contributed by atoms with van der Waals surface area (Å²) in [6.45, 7) is 8.42. The van der Waals surface area contributed by atoms with Gasteiger partial charge in [-0.15, -0.1) is 0 Å². The molecule has 0 radical (unpaired) electrons. The summed E-state index contributed by atoms with van der Waals surface area (Å²) in [5, 5.41) is 7.93. The molecule has 1 heterocycles. The van der Waals surface area contributed by atoms with Crippen LogP contribution in [0.4, 0.5) is 0 Å². The third kappa shape index (κ3) is 3.64. The second-order valence-electron chi connectivity index (χ2n) is 6.26. The summed E-state index contributed by atoms with van der Waals surface area (Å²) in [4.78, 5) is 4.44. The molecule has 1 atom stereocenters. The third-order valence-corrected chi connectivity index (χ3v) is 4.99. The van der Waals surface area contributed by atoms with Crippen molar-refractivity contribution in [3.63, 3.8) is 0 Å². The maximum Gasteiger partial charge on any atom is 0.138 e. The number of rotatable bonds is 7. The highest BCUT2D eigenvalue weighted by Gasteiger charge is 2.41. The Morgan fingerprint density at radius 1 is 1.43 bits per heavy atom. The quantitative estimate of drug-likeness (QED) is 0.839. The van der Waals surface area contributed by atoms with Crippen LogP contribution in [-0.2, 0) is 17.7 Å². The van der Waals surface area contributed by atoms with E-state index < -0.39 is 0 Å². The van der Waals surface area contributed by atoms with Gasteiger partial charge in [-0.2, -0.15) is 5.10 Å². The standard InChI is InChI=1S/C16H30N4O/c1-5-17-14(11-15-18-12-19-20(15)6-2)16(21-4)9-7-13(3)8-10-16/h12-14,17H,5-11H2,1-4H3. The average Bonchev–Trinajstić information content (AvgIpc) is 2.95. The van der Waals surface area contributed by atoms with Gasteiger partial charge in [0, 0.05) is 26.1 Å². The minimum atomic E-state index is -0.0625. The van der Waals surface area contributed by atoms with E-state index in [-0.39, 0.29) is 5.60 Å². The Bertz CT molecular complexity index is 424. The normalized spacial score (nSPS) is 27.7. The van der Waals surface area contributed by atoms with Crippen molar-refractivity contribution in [2.45, 2.75) is 71.1 Å². The van der Waals surface area contributed by atoms with Crippen molar-refractivity contribution in [1.29, 1.82) is 0 Å². The number of hydrogen-bond acceptors (Lipinski definition) is 4. The zero-order valence-electron chi connectivity index (χ0n) is 13.9. The molecule has 0 aliphatic heterocycles. The number of nitrogens with zero attached hydrogens (tertiary/aromatic N) is 3. The van der Waals surface area contributed by atoms with Gasteiger partial charge < -0.3 is 10.1 Å². The van der Waals surface area contributed by atoms with Crippen LogP contribution in [0.3, 0.4) is 0 Å². The molecule has 120 valence electrons. The van der Waals surface area contributed by atoms with E-state index in [1.54, 1.807) is 6.33 Å². The van der Waals surface area contributed by atoms with Crippen LogP contribution >= 0.6 is 0 Å². The molecular weight excluding hydrogens is 264 g/mol. The van der Waals surface area contributed by atoms with Crippen LogP contribution < -0.4 is 5.32 Å². The molecule has 0 aromatic carbocycles. The first-order valence-electron chi connectivity index (χ1n) is 8.30. The lowest BCUT2D eigenvalue weighted by atomic mass is 9.74. The third-order valence-electron chi connectivity index (χ3n) is 4.99. The fourth-order valence-electron chi connectivity index (χ4n) is 3.53. The van der Waals surface area contributed by atoms with Gasteiger partial charge in [0.2, 0.25) is 0 Å². The van der Waals surface area contributed by atoms with Crippen molar-refractivity contribution >= 4 is 0 Å². The molecule has 1 aromatic rings. The minimum Gasteiger partial charge on any atom is -0.377 e. The zero-order valence-corrected chi connectivity index (χ0v) is 13.9. The minimum absolute atomic E-state index is 0.0625. The second-order valence-corrected chi connectivity index (χ2v) is 6.26. The van der Waals surface area contributed by atoms with E-state index in [0.717, 1.165) is 44.1 Å². The summed E-state index contributed by atoms with van der Waals surface area (Å²) in [7, 11) is 1.87. The lowest BCUT2D eigenvalue weighted by Gasteiger charge is -2.44. The van der Waals surface area contributed by atoms with Gasteiger partial charge >= 0.3 is 0 Å². The molecule has 5 nitrogen and oxygen atoms in total. The Morgan fingerprint density at radius 2 is 2.14 bits per heavy atom. The first-order chi connectivity index (χ1) is 10.1. The van der Waals surface area contributed by atoms with E-state index in [4.69, 9.17) is 4.74 Å². The summed E-state index contributed by atoms with van der Waals surface area (Å²) in [5.74, 6) is 1.87. The van der Waals surface area contributed by atoms with Gasteiger partial charge in [0.05, 0.1) is 5.60 Å². The highest BCUT2D eigenvalue weighted by molar-refractivity contribution is 5.02. The first kappa shape index (κ1) is 16.4. The van der Waals surface area contributed by atoms with Crippen LogP contribution in [0.25, 0.3) is 0 Å². The van der Waals surface area contributed by atoms with Gasteiger partial charge in [-0.1, -0.05) is 13.8 Å². The maximum absolute atomic E-state index is 6.04. The molecule has 2 rings (SSSR count). The number of nitrogens with one attached hydrogen (secondary N) is 1. The molecule has 1 aliphatic carbocycles. The smallest absolute Gasteiger partial charge is 0.138 e. The molecule has 1 fully saturated rings. The SMILES string of the molecule is CCNC(Cc1ncnn1CC)C1(OC)CCC(C)CC1. The Morgan fingerprint density at radius 3 is 2.71 bits per heavy atom. The number of aromatic nitrogens is 3. The van der Waals surface area contributed by atoms with Gasteiger partial charge in [0.1, 0.15) is 12.2 Å². The molecule has 5 heteroatoms. The maximum atomic E-state index is 6.04. The summed E-state index contributed by atoms with van der Waals surface area (Å²) in [5.41, 5.74) is -0.0625. The molecule has 1 aromatic heterocycles. The molecule has 0 saturated heterocycles. The number of ether oxygens (including phenoxy) is 1. The zero-order chi connectivity index (χ0) is 15.3. The van der Waals surface area contributed by atoms with Crippen LogP contribution in [0.15, 0.2) is 6.33 Å². The largest absolute Gasteiger partial charge is 0.377 e. The van der Waals surface area contributed by atoms with Crippen LogP contribution in [-0.4, -0.2) is 40.1 Å². The lowest BCUT2D eigenvalue weighted by molar-refractivity contribution is -0.0748. The number of methoxy groups -OCH3 is 1. The van der Waals surface area contributed by atoms with E-state index in [1.165, 1.54) is 12.8 Å². The van der Waals surface area contributed by atoms with Crippen LogP contribution in [0.2, 0.25) is 0 Å². The summed E-state index contributed by atoms with van der Waals surface area (Å²) in [6, 6.07) is 0.300. The number of likely N-dealkylation sites (N-methyl/N-ethyl adjacent to an activating group) is 1. The Kier molecular flexibility index (Phi) is 5.76. The summed E-state index contributed by atoms with van der Waals surface area (Å²) < 4.78 is 8.03. The van der Waals surface area contributed by atoms with E-state index in [1.807, 2.05) is 11.8 Å². The first-order valence-corrected chi connectivity index (χ1v) is 8.30. The molecule has 1 aliphatic rings. The van der Waals surface area contributed by atoms with Gasteiger partial charge in [-0.25, -0.2) is 4.98 Å². The van der Waals surface area contributed by atoms with Crippen LogP contribution in [0.5, 0.6) is 0 Å². The summed E-state index contributed by atoms with van der Waals surface area (Å²) >= 11 is 0. The van der Waals surface area contributed by atoms with Crippen molar-refractivity contribution in [3.8, 4) is 0 Å². The fourth-order valence-corrected chi connectivity index (χ4v) is 3.53. The molecule has 1 saturated carbocycles. The Labute approximate surface area is 128 Å². The van der Waals surface area contributed by atoms with Crippen LogP contribution in [0.1, 0.15) is 52.3 Å². The lowest BCUT2D eigenvalue weighted by Crippen LogP contribution is -2.55. The van der Waals surface area contributed by atoms with E-state index in [9.17, 15) is 0 Å². The summed E-state index contributed by atoms with van der Waals surface area (Å²) in [6.07, 6.45) is 7.28. The van der Waals surface area contributed by atoms with Crippen LogP contribution in [0, 0.1) is 5.92 Å². The highest BCUT2D eigenvalue weighted by atomic mass is 16.5. The van der Waals surface area contributed by atoms with Gasteiger partial charge in [0.15, 0.2) is 0 Å². The fraction of sp³-hybridized carbons (Fsp3) is 0.875. The van der Waals surface area contributed by atoms with E-state index >= 15 is 0 Å². The molecule has 1 unspecified atom stereocenters. The van der Waals surface area contributed by atoms with Crippen molar-refractivity contribution < 1.29 is 4.74 Å². The monoisotopic (exact) mass is 294 g/mol. The number of aryl methyl sites for hydroxylation is 1. The molecule has 0 amide bonds. The Balaban J connectivity index is 2.16. The predicted molar refractivity (Wildman–Crippen MR) is 84.2 cm³/mol. The van der Waals surface area contributed by atoms with Crippen molar-refractivity contribution in [3.05, 3.63) is 12.2 Å². The van der Waals surface area contributed by atoms with Gasteiger partial charge in [-0.05, 0) is 45.1 Å². The molecular formula is C16H30N4O. The van der Waals surface area contributed by atoms with E-state index in [2.05, 4.69) is 36.2 Å². The van der Waals surface area contributed by atoms with Crippen molar-refractivity contribution in [1.82, 2.24) is 20.1 Å². The average molecular weight is 294 g/mol. The second kappa shape index (κ2) is 7.36. The highest BCUT2D eigenvalue weighted by Crippen LogP contribution is 2.37. The molecule has 21 heavy (non-hydrogen) atoms. The number of hydrogen-bond donors (Lipinski definition) is 1. The van der Waals surface area contributed by atoms with Crippen molar-refractivity contribution in [2.24, 2.45) is 5.92 Å². The Hall–Kier alpha value is -0.940. The van der Waals surface area contributed by atoms with Gasteiger partial charge in [-0.3, -0.25) is 4.68 Å². The molecule has 0 spiro atoms. The van der Waals surface area contributed by atoms with Crippen molar-refractivity contribution in [2.75, 3.05) is 13.7 Å². The molecule has 1 N–H and O–H groups in total. The predicted octanol–water partition coefficient (Wildman–Crippen LogP) is 2.41. The topological polar surface area (TPSA) is 52.0 Å². The molecule has 0 bridgehead atoms.